The number of benzene rings is 1. The highest BCUT2D eigenvalue weighted by Gasteiger charge is 2.37. The van der Waals surface area contributed by atoms with E-state index in [4.69, 9.17) is 5.73 Å². The van der Waals surface area contributed by atoms with Crippen LogP contribution in [0, 0.1) is 6.92 Å². The van der Waals surface area contributed by atoms with Crippen LogP contribution in [0.3, 0.4) is 0 Å². The molecule has 3 N–H and O–H groups in total. The van der Waals surface area contributed by atoms with Crippen LogP contribution in [-0.2, 0) is 12.8 Å². The van der Waals surface area contributed by atoms with Crippen LogP contribution in [0.1, 0.15) is 23.2 Å². The first kappa shape index (κ1) is 13.3. The summed E-state index contributed by atoms with van der Waals surface area (Å²) in [5, 5.41) is 3.18. The number of aryl methyl sites for hydroxylation is 2. The maximum absolute atomic E-state index is 5.81. The molecule has 1 unspecified atom stereocenters. The Labute approximate surface area is 130 Å². The lowest BCUT2D eigenvalue weighted by Crippen LogP contribution is -2.38. The van der Waals surface area contributed by atoms with E-state index in [1.807, 2.05) is 13.1 Å². The van der Waals surface area contributed by atoms with E-state index in [-0.39, 0.29) is 5.54 Å². The molecule has 1 aliphatic carbocycles. The van der Waals surface area contributed by atoms with E-state index >= 15 is 0 Å². The van der Waals surface area contributed by atoms with E-state index in [2.05, 4.69) is 45.6 Å². The summed E-state index contributed by atoms with van der Waals surface area (Å²) in [6, 6.07) is 11.0. The fourth-order valence-corrected chi connectivity index (χ4v) is 3.58. The Morgan fingerprint density at radius 1 is 1.14 bits per heavy atom. The molecule has 112 valence electrons. The van der Waals surface area contributed by atoms with E-state index < -0.39 is 0 Å². The van der Waals surface area contributed by atoms with Gasteiger partial charge in [0.15, 0.2) is 5.96 Å². The van der Waals surface area contributed by atoms with Gasteiger partial charge in [-0.1, -0.05) is 18.2 Å². The molecule has 1 aromatic carbocycles. The van der Waals surface area contributed by atoms with E-state index in [1.165, 1.54) is 22.3 Å². The summed E-state index contributed by atoms with van der Waals surface area (Å²) in [6.07, 6.45) is 4.98. The minimum atomic E-state index is -0.0220. The summed E-state index contributed by atoms with van der Waals surface area (Å²) in [6.45, 7) is 2.89. The van der Waals surface area contributed by atoms with Gasteiger partial charge in [0.05, 0.1) is 5.54 Å². The van der Waals surface area contributed by atoms with Gasteiger partial charge in [0.1, 0.15) is 0 Å². The van der Waals surface area contributed by atoms with Crippen LogP contribution in [0.2, 0.25) is 0 Å². The predicted molar refractivity (Wildman–Crippen MR) is 88.8 cm³/mol. The molecule has 22 heavy (non-hydrogen) atoms. The van der Waals surface area contributed by atoms with Crippen LogP contribution >= 0.6 is 0 Å². The minimum absolute atomic E-state index is 0.0220. The van der Waals surface area contributed by atoms with Crippen molar-refractivity contribution in [3.05, 3.63) is 53.3 Å². The van der Waals surface area contributed by atoms with Crippen molar-refractivity contribution in [3.8, 4) is 11.1 Å². The molecular formula is C18H20N4. The first-order valence-corrected chi connectivity index (χ1v) is 7.78. The molecule has 0 radical (unpaired) electrons. The average molecular weight is 292 g/mol. The van der Waals surface area contributed by atoms with E-state index in [0.29, 0.717) is 5.96 Å². The lowest BCUT2D eigenvalue weighted by Gasteiger charge is -2.31. The lowest BCUT2D eigenvalue weighted by atomic mass is 9.78. The third-order valence-electron chi connectivity index (χ3n) is 4.77. The van der Waals surface area contributed by atoms with Gasteiger partial charge in [-0.3, -0.25) is 4.98 Å². The molecule has 0 saturated carbocycles. The largest absolute Gasteiger partial charge is 0.370 e. The highest BCUT2D eigenvalue weighted by atomic mass is 15.2. The number of pyridine rings is 1. The second-order valence-electron chi connectivity index (χ2n) is 6.42. The van der Waals surface area contributed by atoms with Gasteiger partial charge in [-0.15, -0.1) is 0 Å². The second-order valence-corrected chi connectivity index (χ2v) is 6.42. The van der Waals surface area contributed by atoms with Crippen LogP contribution in [-0.4, -0.2) is 23.0 Å². The van der Waals surface area contributed by atoms with Crippen LogP contribution in [0.4, 0.5) is 0 Å². The van der Waals surface area contributed by atoms with Gasteiger partial charge in [0.2, 0.25) is 0 Å². The van der Waals surface area contributed by atoms with Crippen molar-refractivity contribution in [2.24, 2.45) is 10.7 Å². The molecule has 1 atom stereocenters. The third-order valence-corrected chi connectivity index (χ3v) is 4.77. The molecule has 2 aliphatic rings. The number of fused-ring (bicyclic) bond motifs is 1. The zero-order valence-corrected chi connectivity index (χ0v) is 12.8. The molecule has 1 aliphatic heterocycles. The van der Waals surface area contributed by atoms with E-state index in [0.717, 1.165) is 31.5 Å². The summed E-state index contributed by atoms with van der Waals surface area (Å²) < 4.78 is 0. The molecule has 4 nitrogen and oxygen atoms in total. The quantitative estimate of drug-likeness (QED) is 0.847. The molecule has 0 amide bonds. The predicted octanol–water partition coefficient (Wildman–Crippen LogP) is 2.20. The summed E-state index contributed by atoms with van der Waals surface area (Å²) in [5.41, 5.74) is 12.2. The first-order valence-electron chi connectivity index (χ1n) is 7.78. The number of aliphatic imine (C=N–C) groups is 1. The van der Waals surface area contributed by atoms with E-state index in [1.54, 1.807) is 0 Å². The highest BCUT2D eigenvalue weighted by Crippen LogP contribution is 2.35. The van der Waals surface area contributed by atoms with Crippen molar-refractivity contribution in [2.75, 3.05) is 6.54 Å². The molecule has 2 aromatic rings. The van der Waals surface area contributed by atoms with Gasteiger partial charge in [0, 0.05) is 18.4 Å². The Morgan fingerprint density at radius 2 is 2.00 bits per heavy atom. The van der Waals surface area contributed by atoms with Gasteiger partial charge < -0.3 is 11.1 Å². The SMILES string of the molecule is Cc1cc(-c2ccc3c(c2)CCC2(CNC(N)=N2)C3)ccn1. The Morgan fingerprint density at radius 3 is 2.77 bits per heavy atom. The number of aromatic nitrogens is 1. The zero-order valence-electron chi connectivity index (χ0n) is 12.8. The molecule has 1 aromatic heterocycles. The van der Waals surface area contributed by atoms with Crippen LogP contribution in [0.15, 0.2) is 41.5 Å². The normalized spacial score (nSPS) is 23.0. The average Bonchev–Trinajstić information content (AvgIpc) is 2.87. The fourth-order valence-electron chi connectivity index (χ4n) is 3.58. The summed E-state index contributed by atoms with van der Waals surface area (Å²) in [5.74, 6) is 0.590. The molecule has 4 rings (SSSR count). The Bertz CT molecular complexity index is 765. The number of nitrogens with zero attached hydrogens (tertiary/aromatic N) is 2. The molecule has 1 spiro atoms. The summed E-state index contributed by atoms with van der Waals surface area (Å²) >= 11 is 0. The maximum atomic E-state index is 5.81. The molecular weight excluding hydrogens is 272 g/mol. The van der Waals surface area contributed by atoms with Gasteiger partial charge in [0.25, 0.3) is 0 Å². The number of hydrogen-bond donors (Lipinski definition) is 2. The minimum Gasteiger partial charge on any atom is -0.370 e. The first-order chi connectivity index (χ1) is 10.6. The number of rotatable bonds is 1. The summed E-state index contributed by atoms with van der Waals surface area (Å²) in [7, 11) is 0. The van der Waals surface area contributed by atoms with Crippen LogP contribution in [0.5, 0.6) is 0 Å². The van der Waals surface area contributed by atoms with Crippen molar-refractivity contribution < 1.29 is 0 Å². The molecule has 0 saturated heterocycles. The smallest absolute Gasteiger partial charge is 0.189 e. The monoisotopic (exact) mass is 292 g/mol. The number of nitrogens with two attached hydrogens (primary N) is 1. The third kappa shape index (κ3) is 2.25. The molecule has 0 fully saturated rings. The van der Waals surface area contributed by atoms with Crippen molar-refractivity contribution in [3.63, 3.8) is 0 Å². The Hall–Kier alpha value is -2.36. The van der Waals surface area contributed by atoms with E-state index in [9.17, 15) is 0 Å². The van der Waals surface area contributed by atoms with Crippen molar-refractivity contribution in [1.29, 1.82) is 0 Å². The number of nitrogens with one attached hydrogen (secondary N) is 1. The van der Waals surface area contributed by atoms with Crippen molar-refractivity contribution in [2.45, 2.75) is 31.7 Å². The van der Waals surface area contributed by atoms with Crippen LogP contribution < -0.4 is 11.1 Å². The Balaban J connectivity index is 1.67. The highest BCUT2D eigenvalue weighted by molar-refractivity contribution is 5.80. The Kier molecular flexibility index (Phi) is 2.93. The van der Waals surface area contributed by atoms with Crippen molar-refractivity contribution in [1.82, 2.24) is 10.3 Å². The fraction of sp³-hybridized carbons (Fsp3) is 0.333. The topological polar surface area (TPSA) is 63.3 Å². The second kappa shape index (κ2) is 4.83. The number of hydrogen-bond acceptors (Lipinski definition) is 4. The number of guanidine groups is 1. The van der Waals surface area contributed by atoms with Gasteiger partial charge in [-0.2, -0.15) is 0 Å². The molecule has 4 heteroatoms. The van der Waals surface area contributed by atoms with Gasteiger partial charge in [-0.25, -0.2) is 4.99 Å². The molecule has 2 heterocycles. The van der Waals surface area contributed by atoms with Crippen molar-refractivity contribution >= 4 is 5.96 Å². The van der Waals surface area contributed by atoms with Gasteiger partial charge >= 0.3 is 0 Å². The lowest BCUT2D eigenvalue weighted by molar-refractivity contribution is 0.394. The maximum Gasteiger partial charge on any atom is 0.189 e. The standard InChI is InChI=1S/C18H20N4/c1-12-8-15(5-7-20-12)13-2-3-16-10-18(6-4-14(16)9-13)11-21-17(19)22-18/h2-3,5,7-9H,4,6,10-11H2,1H3,(H3,19,21,22). The summed E-state index contributed by atoms with van der Waals surface area (Å²) in [4.78, 5) is 8.92. The van der Waals surface area contributed by atoms with Crippen LogP contribution in [0.25, 0.3) is 11.1 Å². The zero-order chi connectivity index (χ0) is 15.2. The van der Waals surface area contributed by atoms with Gasteiger partial charge in [-0.05, 0) is 60.6 Å². The molecule has 0 bridgehead atoms.